The summed E-state index contributed by atoms with van der Waals surface area (Å²) < 4.78 is 0. The minimum atomic E-state index is -0.0679. The molecule has 3 heteroatoms. The van der Waals surface area contributed by atoms with E-state index >= 15 is 0 Å². The van der Waals surface area contributed by atoms with Gasteiger partial charge >= 0.3 is 0 Å². The van der Waals surface area contributed by atoms with E-state index in [1.165, 1.54) is 11.1 Å². The van der Waals surface area contributed by atoms with E-state index in [-0.39, 0.29) is 12.0 Å². The lowest BCUT2D eigenvalue weighted by atomic mass is 9.78. The van der Waals surface area contributed by atoms with Crippen molar-refractivity contribution in [3.8, 4) is 6.07 Å². The maximum absolute atomic E-state index is 9.60. The number of hydrogen-bond donors (Lipinski definition) is 1. The van der Waals surface area contributed by atoms with Gasteiger partial charge in [-0.15, -0.1) is 13.2 Å². The van der Waals surface area contributed by atoms with Crippen molar-refractivity contribution in [2.75, 3.05) is 6.54 Å². The van der Waals surface area contributed by atoms with Crippen LogP contribution in [0.15, 0.2) is 108 Å². The first-order chi connectivity index (χ1) is 19.5. The van der Waals surface area contributed by atoms with Crippen LogP contribution in [-0.4, -0.2) is 12.4 Å². The second-order valence-corrected chi connectivity index (χ2v) is 11.7. The summed E-state index contributed by atoms with van der Waals surface area (Å²) in [6.45, 7) is 34.8. The lowest BCUT2D eigenvalue weighted by Gasteiger charge is -2.27. The standard InChI is InChI=1S/C38H51N3/c1-12-15-17-32(14-3)22-26(6)29(9)35-23-36(37(25(4)5)28(8)21-27(35)7)38(40-20-13-2)41-31(11)34-19-16-18-33(24-39)30(34)10/h12-13,16,18-19,23,26,31-32,35H,1-2,4,7,9,14-15,17,20-22H2,3,5-6,8,10-11H3,(H,40,41)/t26?,31-,32-,35?/m1/s1. The number of allylic oxidation sites excluding steroid dienone is 6. The molecule has 0 aliphatic heterocycles. The predicted molar refractivity (Wildman–Crippen MR) is 179 cm³/mol. The van der Waals surface area contributed by atoms with E-state index < -0.39 is 0 Å². The van der Waals surface area contributed by atoms with Gasteiger partial charge < -0.3 is 5.32 Å². The highest BCUT2D eigenvalue weighted by atomic mass is 15.0. The molecule has 1 aromatic carbocycles. The van der Waals surface area contributed by atoms with Crippen molar-refractivity contribution < 1.29 is 0 Å². The van der Waals surface area contributed by atoms with Gasteiger partial charge in [0.1, 0.15) is 5.84 Å². The zero-order valence-corrected chi connectivity index (χ0v) is 26.4. The van der Waals surface area contributed by atoms with Crippen molar-refractivity contribution in [3.05, 3.63) is 119 Å². The van der Waals surface area contributed by atoms with E-state index in [0.29, 0.717) is 23.9 Å². The normalized spacial score (nSPS) is 18.0. The van der Waals surface area contributed by atoms with E-state index in [9.17, 15) is 5.26 Å². The lowest BCUT2D eigenvalue weighted by Crippen LogP contribution is -2.30. The number of rotatable bonds is 14. The molecule has 41 heavy (non-hydrogen) atoms. The molecule has 4 atom stereocenters. The maximum atomic E-state index is 9.60. The van der Waals surface area contributed by atoms with Crippen LogP contribution in [0.4, 0.5) is 0 Å². The molecule has 0 heterocycles. The van der Waals surface area contributed by atoms with Crippen LogP contribution in [0.1, 0.15) is 89.5 Å². The molecule has 2 rings (SSSR count). The highest BCUT2D eigenvalue weighted by molar-refractivity contribution is 6.04. The van der Waals surface area contributed by atoms with Crippen LogP contribution < -0.4 is 5.32 Å². The summed E-state index contributed by atoms with van der Waals surface area (Å²) in [5, 5.41) is 13.3. The average molecular weight is 550 g/mol. The van der Waals surface area contributed by atoms with E-state index in [1.807, 2.05) is 31.2 Å². The molecule has 0 saturated carbocycles. The van der Waals surface area contributed by atoms with Gasteiger partial charge in [0.15, 0.2) is 0 Å². The summed E-state index contributed by atoms with van der Waals surface area (Å²) in [7, 11) is 0. The first kappa shape index (κ1) is 33.6. The third kappa shape index (κ3) is 8.67. The molecule has 2 unspecified atom stereocenters. The van der Waals surface area contributed by atoms with Gasteiger partial charge in [-0.1, -0.05) is 92.7 Å². The van der Waals surface area contributed by atoms with Crippen LogP contribution in [0.2, 0.25) is 0 Å². The molecule has 3 nitrogen and oxygen atoms in total. The summed E-state index contributed by atoms with van der Waals surface area (Å²) in [4.78, 5) is 4.98. The SMILES string of the molecule is C=CCC[C@@H](CC)CC(C)C(=C)C1C=C(/C(=N\CC=C)N[C@H](C)c2cccc(C#N)c2C)C(C(=C)C)=C(C)CC1=C. The molecule has 1 aliphatic rings. The fourth-order valence-electron chi connectivity index (χ4n) is 5.99. The van der Waals surface area contributed by atoms with Gasteiger partial charge in [-0.2, -0.15) is 5.26 Å². The lowest BCUT2D eigenvalue weighted by molar-refractivity contribution is 0.381. The van der Waals surface area contributed by atoms with Gasteiger partial charge in [0.05, 0.1) is 24.2 Å². The predicted octanol–water partition coefficient (Wildman–Crippen LogP) is 10.1. The molecule has 1 aromatic rings. The Kier molecular flexibility index (Phi) is 13.1. The zero-order valence-electron chi connectivity index (χ0n) is 26.4. The first-order valence-electron chi connectivity index (χ1n) is 15.0. The summed E-state index contributed by atoms with van der Waals surface area (Å²) in [5.74, 6) is 1.83. The molecule has 218 valence electrons. The molecular formula is C38H51N3. The average Bonchev–Trinajstić information content (AvgIpc) is 3.07. The molecular weight excluding hydrogens is 498 g/mol. The van der Waals surface area contributed by atoms with E-state index in [2.05, 4.69) is 91.0 Å². The van der Waals surface area contributed by atoms with Crippen molar-refractivity contribution in [3.63, 3.8) is 0 Å². The summed E-state index contributed by atoms with van der Waals surface area (Å²) >= 11 is 0. The second kappa shape index (κ2) is 16.0. The summed E-state index contributed by atoms with van der Waals surface area (Å²) in [5.41, 5.74) is 9.49. The molecule has 0 aromatic heterocycles. The highest BCUT2D eigenvalue weighted by Crippen LogP contribution is 2.40. The summed E-state index contributed by atoms with van der Waals surface area (Å²) in [6.07, 6.45) is 11.4. The third-order valence-corrected chi connectivity index (χ3v) is 8.41. The van der Waals surface area contributed by atoms with Gasteiger partial charge in [-0.3, -0.25) is 4.99 Å². The van der Waals surface area contributed by atoms with Crippen molar-refractivity contribution in [1.29, 1.82) is 5.26 Å². The minimum absolute atomic E-state index is 0.0263. The Labute approximate surface area is 250 Å². The second-order valence-electron chi connectivity index (χ2n) is 11.7. The molecule has 0 spiro atoms. The monoisotopic (exact) mass is 549 g/mol. The molecule has 0 fully saturated rings. The third-order valence-electron chi connectivity index (χ3n) is 8.41. The van der Waals surface area contributed by atoms with Crippen LogP contribution in [0, 0.1) is 36.0 Å². The van der Waals surface area contributed by atoms with Gasteiger partial charge in [-0.25, -0.2) is 0 Å². The quantitative estimate of drug-likeness (QED) is 0.143. The Balaban J connectivity index is 2.60. The molecule has 0 amide bonds. The number of hydrogen-bond acceptors (Lipinski definition) is 2. The number of nitriles is 1. The Morgan fingerprint density at radius 3 is 2.49 bits per heavy atom. The van der Waals surface area contributed by atoms with Crippen LogP contribution in [0.3, 0.4) is 0 Å². The first-order valence-corrected chi connectivity index (χ1v) is 15.0. The number of nitrogens with one attached hydrogen (secondary N) is 1. The molecule has 0 saturated heterocycles. The largest absolute Gasteiger partial charge is 0.363 e. The fourth-order valence-corrected chi connectivity index (χ4v) is 5.99. The highest BCUT2D eigenvalue weighted by Gasteiger charge is 2.28. The van der Waals surface area contributed by atoms with Crippen molar-refractivity contribution in [1.82, 2.24) is 5.32 Å². The Hall–Kier alpha value is -3.64. The summed E-state index contributed by atoms with van der Waals surface area (Å²) in [6, 6.07) is 8.13. The van der Waals surface area contributed by atoms with Gasteiger partial charge in [-0.05, 0) is 88.0 Å². The van der Waals surface area contributed by atoms with Gasteiger partial charge in [0, 0.05) is 11.5 Å². The van der Waals surface area contributed by atoms with Crippen molar-refractivity contribution >= 4 is 5.84 Å². The van der Waals surface area contributed by atoms with E-state index in [1.54, 1.807) is 0 Å². The molecule has 1 aliphatic carbocycles. The van der Waals surface area contributed by atoms with Crippen LogP contribution in [0.5, 0.6) is 0 Å². The Morgan fingerprint density at radius 2 is 1.90 bits per heavy atom. The molecule has 0 bridgehead atoms. The zero-order chi connectivity index (χ0) is 30.7. The number of aliphatic imine (C=N–C) groups is 1. The van der Waals surface area contributed by atoms with E-state index in [0.717, 1.165) is 71.4 Å². The van der Waals surface area contributed by atoms with Gasteiger partial charge in [0.2, 0.25) is 0 Å². The molecule has 1 N–H and O–H groups in total. The van der Waals surface area contributed by atoms with Crippen LogP contribution in [0.25, 0.3) is 0 Å². The minimum Gasteiger partial charge on any atom is -0.363 e. The maximum Gasteiger partial charge on any atom is 0.129 e. The van der Waals surface area contributed by atoms with Crippen molar-refractivity contribution in [2.45, 2.75) is 79.7 Å². The van der Waals surface area contributed by atoms with Gasteiger partial charge in [0.25, 0.3) is 0 Å². The number of benzene rings is 1. The van der Waals surface area contributed by atoms with E-state index in [4.69, 9.17) is 4.99 Å². The Bertz CT molecular complexity index is 1290. The topological polar surface area (TPSA) is 48.2 Å². The number of nitrogens with zero attached hydrogens (tertiary/aromatic N) is 2. The van der Waals surface area contributed by atoms with Crippen molar-refractivity contribution in [2.24, 2.45) is 22.7 Å². The van der Waals surface area contributed by atoms with Crippen LogP contribution >= 0.6 is 0 Å². The smallest absolute Gasteiger partial charge is 0.129 e. The molecule has 0 radical (unpaired) electrons. The Morgan fingerprint density at radius 1 is 1.20 bits per heavy atom. The fraction of sp³-hybridized carbons (Fsp3) is 0.421. The van der Waals surface area contributed by atoms with Crippen LogP contribution in [-0.2, 0) is 0 Å². The number of amidine groups is 1.